The monoisotopic (exact) mass is 266 g/mol. The van der Waals surface area contributed by atoms with E-state index in [4.69, 9.17) is 14.7 Å². The molecule has 0 saturated carbocycles. The second kappa shape index (κ2) is 6.75. The van der Waals surface area contributed by atoms with E-state index in [9.17, 15) is 0 Å². The Morgan fingerprint density at radius 2 is 2.05 bits per heavy atom. The number of hydroxylamine groups is 1. The summed E-state index contributed by atoms with van der Waals surface area (Å²) in [5.74, 6) is 1.49. The summed E-state index contributed by atoms with van der Waals surface area (Å²) < 4.78 is 11.4. The van der Waals surface area contributed by atoms with Gasteiger partial charge in [0, 0.05) is 19.6 Å². The number of hydrogen-bond acceptors (Lipinski definition) is 5. The van der Waals surface area contributed by atoms with Crippen molar-refractivity contribution in [1.82, 2.24) is 10.4 Å². The highest BCUT2D eigenvalue weighted by Crippen LogP contribution is 2.30. The van der Waals surface area contributed by atoms with Gasteiger partial charge in [-0.1, -0.05) is 6.07 Å². The topological polar surface area (TPSA) is 54.0 Å². The van der Waals surface area contributed by atoms with Crippen LogP contribution < -0.4 is 15.0 Å². The first kappa shape index (κ1) is 14.1. The average molecular weight is 266 g/mol. The van der Waals surface area contributed by atoms with Crippen molar-refractivity contribution in [1.29, 1.82) is 0 Å². The maximum absolute atomic E-state index is 8.76. The summed E-state index contributed by atoms with van der Waals surface area (Å²) in [5.41, 5.74) is 3.12. The minimum Gasteiger partial charge on any atom is -0.493 e. The number of rotatable bonds is 5. The van der Waals surface area contributed by atoms with Crippen LogP contribution in [-0.2, 0) is 6.54 Å². The van der Waals surface area contributed by atoms with Crippen molar-refractivity contribution in [2.24, 2.45) is 0 Å². The molecule has 2 N–H and O–H groups in total. The highest BCUT2D eigenvalue weighted by Gasteiger charge is 2.19. The molecule has 0 unspecified atom stereocenters. The van der Waals surface area contributed by atoms with Crippen LogP contribution in [0.3, 0.4) is 0 Å². The molecule has 0 atom stereocenters. The fourth-order valence-electron chi connectivity index (χ4n) is 2.30. The van der Waals surface area contributed by atoms with Crippen LogP contribution >= 0.6 is 0 Å². The van der Waals surface area contributed by atoms with Gasteiger partial charge < -0.3 is 19.6 Å². The third kappa shape index (κ3) is 3.83. The van der Waals surface area contributed by atoms with E-state index in [-0.39, 0.29) is 6.10 Å². The van der Waals surface area contributed by atoms with Gasteiger partial charge in [0.1, 0.15) is 6.10 Å². The summed E-state index contributed by atoms with van der Waals surface area (Å²) >= 11 is 0. The van der Waals surface area contributed by atoms with Crippen LogP contribution in [0.25, 0.3) is 0 Å². The molecule has 1 aliphatic rings. The van der Waals surface area contributed by atoms with E-state index in [1.54, 1.807) is 7.11 Å². The molecular formula is C14H22N2O3. The van der Waals surface area contributed by atoms with Crippen LogP contribution in [0, 0.1) is 0 Å². The number of methoxy groups -OCH3 is 1. The Bertz CT molecular complexity index is 404. The lowest BCUT2D eigenvalue weighted by atomic mass is 10.1. The van der Waals surface area contributed by atoms with Crippen LogP contribution in [0.15, 0.2) is 18.2 Å². The summed E-state index contributed by atoms with van der Waals surface area (Å²) in [4.78, 5) is 2.31. The predicted octanol–water partition coefficient (Wildman–Crippen LogP) is 1.65. The van der Waals surface area contributed by atoms with Crippen molar-refractivity contribution < 1.29 is 14.7 Å². The smallest absolute Gasteiger partial charge is 0.161 e. The van der Waals surface area contributed by atoms with E-state index in [0.29, 0.717) is 6.54 Å². The molecule has 1 heterocycles. The molecule has 2 rings (SSSR count). The Kier molecular flexibility index (Phi) is 5.01. The van der Waals surface area contributed by atoms with Crippen molar-refractivity contribution in [3.63, 3.8) is 0 Å². The van der Waals surface area contributed by atoms with Gasteiger partial charge in [0.05, 0.1) is 7.11 Å². The zero-order valence-corrected chi connectivity index (χ0v) is 11.6. The number of piperidine rings is 1. The maximum Gasteiger partial charge on any atom is 0.161 e. The minimum atomic E-state index is 0.238. The van der Waals surface area contributed by atoms with Crippen molar-refractivity contribution >= 4 is 0 Å². The van der Waals surface area contributed by atoms with Crippen molar-refractivity contribution in [2.75, 3.05) is 27.2 Å². The molecule has 0 bridgehead atoms. The Hall–Kier alpha value is -1.30. The molecule has 5 heteroatoms. The van der Waals surface area contributed by atoms with Gasteiger partial charge in [-0.15, -0.1) is 0 Å². The quantitative estimate of drug-likeness (QED) is 0.794. The van der Waals surface area contributed by atoms with Gasteiger partial charge in [-0.3, -0.25) is 0 Å². The Morgan fingerprint density at radius 1 is 1.32 bits per heavy atom. The lowest BCUT2D eigenvalue weighted by molar-refractivity contribution is 0.111. The lowest BCUT2D eigenvalue weighted by Crippen LogP contribution is -2.35. The van der Waals surface area contributed by atoms with Crippen molar-refractivity contribution in [3.8, 4) is 11.5 Å². The minimum absolute atomic E-state index is 0.238. The number of likely N-dealkylation sites (tertiary alicyclic amines) is 1. The molecule has 106 valence electrons. The molecule has 0 aromatic heterocycles. The van der Waals surface area contributed by atoms with Gasteiger partial charge in [0.15, 0.2) is 11.5 Å². The normalized spacial score (nSPS) is 17.4. The largest absolute Gasteiger partial charge is 0.493 e. The molecule has 0 spiro atoms. The van der Waals surface area contributed by atoms with Gasteiger partial charge in [0.2, 0.25) is 0 Å². The molecule has 1 aromatic carbocycles. The molecule has 1 fully saturated rings. The molecule has 1 aliphatic heterocycles. The number of nitrogens with one attached hydrogen (secondary N) is 1. The molecule has 0 radical (unpaired) electrons. The Morgan fingerprint density at radius 3 is 2.68 bits per heavy atom. The van der Waals surface area contributed by atoms with Crippen molar-refractivity contribution in [3.05, 3.63) is 23.8 Å². The molecular weight excluding hydrogens is 244 g/mol. The van der Waals surface area contributed by atoms with Gasteiger partial charge in [0.25, 0.3) is 0 Å². The van der Waals surface area contributed by atoms with E-state index < -0.39 is 0 Å². The number of ether oxygens (including phenoxy) is 2. The predicted molar refractivity (Wildman–Crippen MR) is 72.8 cm³/mol. The van der Waals surface area contributed by atoms with Crippen LogP contribution in [0.1, 0.15) is 18.4 Å². The zero-order chi connectivity index (χ0) is 13.7. The van der Waals surface area contributed by atoms with Crippen LogP contribution in [0.2, 0.25) is 0 Å². The Labute approximate surface area is 114 Å². The zero-order valence-electron chi connectivity index (χ0n) is 11.6. The number of benzene rings is 1. The van der Waals surface area contributed by atoms with E-state index >= 15 is 0 Å². The molecule has 0 aliphatic carbocycles. The fourth-order valence-corrected chi connectivity index (χ4v) is 2.30. The van der Waals surface area contributed by atoms with Gasteiger partial charge in [-0.2, -0.15) is 0 Å². The van der Waals surface area contributed by atoms with E-state index in [2.05, 4.69) is 17.4 Å². The number of nitrogens with zero attached hydrogens (tertiary/aromatic N) is 1. The first-order valence-corrected chi connectivity index (χ1v) is 6.62. The van der Waals surface area contributed by atoms with Crippen LogP contribution in [-0.4, -0.2) is 43.5 Å². The highest BCUT2D eigenvalue weighted by molar-refractivity contribution is 5.43. The van der Waals surface area contributed by atoms with Gasteiger partial charge in [-0.25, -0.2) is 5.48 Å². The Balaban J connectivity index is 2.06. The van der Waals surface area contributed by atoms with Gasteiger partial charge >= 0.3 is 0 Å². The third-order valence-corrected chi connectivity index (χ3v) is 3.47. The van der Waals surface area contributed by atoms with E-state index in [1.807, 2.05) is 18.2 Å². The summed E-state index contributed by atoms with van der Waals surface area (Å²) in [6.07, 6.45) is 2.30. The summed E-state index contributed by atoms with van der Waals surface area (Å²) in [7, 11) is 3.77. The first-order chi connectivity index (χ1) is 9.22. The molecule has 5 nitrogen and oxygen atoms in total. The molecule has 1 aromatic rings. The molecule has 0 amide bonds. The SMILES string of the molecule is COc1ccc(CNO)cc1OC1CCN(C)CC1. The van der Waals surface area contributed by atoms with Crippen LogP contribution in [0.5, 0.6) is 11.5 Å². The average Bonchev–Trinajstić information content (AvgIpc) is 2.42. The van der Waals surface area contributed by atoms with E-state index in [1.165, 1.54) is 0 Å². The third-order valence-electron chi connectivity index (χ3n) is 3.47. The summed E-state index contributed by atoms with van der Waals surface area (Å²) in [6, 6.07) is 5.70. The molecule has 19 heavy (non-hydrogen) atoms. The second-order valence-corrected chi connectivity index (χ2v) is 4.94. The standard InChI is InChI=1S/C14H22N2O3/c1-16-7-5-12(6-8-16)19-14-9-11(10-15-17)3-4-13(14)18-2/h3-4,9,12,15,17H,5-8,10H2,1-2H3. The van der Waals surface area contributed by atoms with E-state index in [0.717, 1.165) is 43.0 Å². The highest BCUT2D eigenvalue weighted by atomic mass is 16.5. The van der Waals surface area contributed by atoms with Crippen LogP contribution in [0.4, 0.5) is 0 Å². The summed E-state index contributed by atoms with van der Waals surface area (Å²) in [5, 5.41) is 8.76. The maximum atomic E-state index is 8.76. The lowest BCUT2D eigenvalue weighted by Gasteiger charge is -2.29. The fraction of sp³-hybridized carbons (Fsp3) is 0.571. The second-order valence-electron chi connectivity index (χ2n) is 4.94. The molecule has 1 saturated heterocycles. The first-order valence-electron chi connectivity index (χ1n) is 6.62. The number of hydrogen-bond donors (Lipinski definition) is 2. The van der Waals surface area contributed by atoms with Crippen molar-refractivity contribution in [2.45, 2.75) is 25.5 Å². The van der Waals surface area contributed by atoms with Gasteiger partial charge in [-0.05, 0) is 37.6 Å². The summed E-state index contributed by atoms with van der Waals surface area (Å²) in [6.45, 7) is 2.52.